The highest BCUT2D eigenvalue weighted by molar-refractivity contribution is 7.91. The average Bonchev–Trinajstić information content (AvgIpc) is 3.51. The van der Waals surface area contributed by atoms with E-state index in [0.29, 0.717) is 22.4 Å². The predicted molar refractivity (Wildman–Crippen MR) is 121 cm³/mol. The first-order valence-corrected chi connectivity index (χ1v) is 12.6. The quantitative estimate of drug-likeness (QED) is 0.487. The summed E-state index contributed by atoms with van der Waals surface area (Å²) in [5.41, 5.74) is 0.564. The minimum atomic E-state index is -3.86. The number of nitrogens with one attached hydrogen (secondary N) is 1. The second-order valence-corrected chi connectivity index (χ2v) is 11.0. The molecule has 1 aromatic heterocycles. The van der Waals surface area contributed by atoms with Crippen molar-refractivity contribution in [3.63, 3.8) is 0 Å². The van der Waals surface area contributed by atoms with Crippen molar-refractivity contribution in [2.45, 2.75) is 48.6 Å². The number of benzene rings is 2. The van der Waals surface area contributed by atoms with Gasteiger partial charge in [-0.2, -0.15) is 4.98 Å². The molecule has 2 aliphatic carbocycles. The number of fused-ring (bicyclic) bond motifs is 2. The first-order chi connectivity index (χ1) is 14.9. The van der Waals surface area contributed by atoms with E-state index in [-0.39, 0.29) is 27.7 Å². The third kappa shape index (κ3) is 3.76. The maximum atomic E-state index is 13.4. The minimum absolute atomic E-state index is 0.0899. The number of hydrogen-bond acceptors (Lipinski definition) is 5. The summed E-state index contributed by atoms with van der Waals surface area (Å²) in [6.07, 6.45) is 5.05. The predicted octanol–water partition coefficient (Wildman–Crippen LogP) is 6.06. The summed E-state index contributed by atoms with van der Waals surface area (Å²) in [5.74, 6) is 2.41. The third-order valence-corrected chi connectivity index (χ3v) is 8.81. The van der Waals surface area contributed by atoms with Crippen LogP contribution < -0.4 is 5.32 Å². The van der Waals surface area contributed by atoms with Crippen LogP contribution in [0.5, 0.6) is 0 Å². The van der Waals surface area contributed by atoms with Crippen LogP contribution in [0.3, 0.4) is 0 Å². The van der Waals surface area contributed by atoms with Gasteiger partial charge in [-0.3, -0.25) is 0 Å². The molecule has 2 fully saturated rings. The van der Waals surface area contributed by atoms with E-state index >= 15 is 0 Å². The molecule has 0 aliphatic heterocycles. The Bertz CT molecular complexity index is 1190. The topological polar surface area (TPSA) is 72.2 Å². The van der Waals surface area contributed by atoms with Crippen molar-refractivity contribution < 1.29 is 12.8 Å². The van der Waals surface area contributed by atoms with Crippen molar-refractivity contribution in [2.75, 3.05) is 5.32 Å². The minimum Gasteiger partial charge on any atom is -0.419 e. The highest BCUT2D eigenvalue weighted by Gasteiger charge is 2.42. The number of aromatic nitrogens is 1. The molecule has 1 heterocycles. The maximum absolute atomic E-state index is 13.4. The zero-order valence-corrected chi connectivity index (χ0v) is 18.9. The van der Waals surface area contributed by atoms with Crippen LogP contribution in [0, 0.1) is 17.8 Å². The number of halogens is 1. The van der Waals surface area contributed by atoms with Gasteiger partial charge in [-0.1, -0.05) is 48.4 Å². The zero-order chi connectivity index (χ0) is 21.6. The van der Waals surface area contributed by atoms with E-state index in [4.69, 9.17) is 16.0 Å². The van der Waals surface area contributed by atoms with Crippen LogP contribution in [0.1, 0.15) is 32.6 Å². The first kappa shape index (κ1) is 20.6. The Morgan fingerprint density at radius 1 is 1.06 bits per heavy atom. The summed E-state index contributed by atoms with van der Waals surface area (Å²) in [5, 5.41) is 3.74. The Balaban J connectivity index is 1.55. The Morgan fingerprint density at radius 3 is 2.48 bits per heavy atom. The molecular weight excluding hydrogens is 432 g/mol. The molecule has 4 atom stereocenters. The van der Waals surface area contributed by atoms with Crippen LogP contribution in [0.2, 0.25) is 5.02 Å². The van der Waals surface area contributed by atoms with Crippen molar-refractivity contribution in [2.24, 2.45) is 17.8 Å². The van der Waals surface area contributed by atoms with E-state index in [1.807, 2.05) is 12.1 Å². The summed E-state index contributed by atoms with van der Waals surface area (Å²) < 4.78 is 32.9. The number of nitrogens with zero attached hydrogens (tertiary/aromatic N) is 1. The molecule has 0 amide bonds. The van der Waals surface area contributed by atoms with Crippen LogP contribution in [0.15, 0.2) is 68.9 Å². The van der Waals surface area contributed by atoms with Gasteiger partial charge in [-0.05, 0) is 68.2 Å². The van der Waals surface area contributed by atoms with E-state index in [1.54, 1.807) is 42.5 Å². The van der Waals surface area contributed by atoms with Gasteiger partial charge in [0.1, 0.15) is 0 Å². The van der Waals surface area contributed by atoms with Crippen LogP contribution in [-0.4, -0.2) is 19.4 Å². The molecule has 0 saturated heterocycles. The van der Waals surface area contributed by atoms with Gasteiger partial charge in [0.05, 0.1) is 15.5 Å². The molecule has 0 radical (unpaired) electrons. The average molecular weight is 457 g/mol. The molecule has 0 spiro atoms. The monoisotopic (exact) mass is 456 g/mol. The summed E-state index contributed by atoms with van der Waals surface area (Å²) in [7, 11) is -3.86. The van der Waals surface area contributed by atoms with Crippen molar-refractivity contribution in [3.05, 3.63) is 59.6 Å². The normalized spacial score (nSPS) is 23.7. The van der Waals surface area contributed by atoms with Crippen molar-refractivity contribution >= 4 is 27.3 Å². The molecule has 31 heavy (non-hydrogen) atoms. The fourth-order valence-corrected chi connectivity index (χ4v) is 6.76. The van der Waals surface area contributed by atoms with Gasteiger partial charge in [0.2, 0.25) is 26.6 Å². The molecule has 162 valence electrons. The van der Waals surface area contributed by atoms with Crippen molar-refractivity contribution in [1.82, 2.24) is 4.98 Å². The molecule has 3 aromatic rings. The lowest BCUT2D eigenvalue weighted by molar-refractivity contribution is 0.301. The van der Waals surface area contributed by atoms with Crippen LogP contribution in [0.4, 0.5) is 5.88 Å². The lowest BCUT2D eigenvalue weighted by Gasteiger charge is -2.28. The molecular formula is C24H25ClN2O3S. The van der Waals surface area contributed by atoms with Crippen molar-refractivity contribution in [3.8, 4) is 11.5 Å². The van der Waals surface area contributed by atoms with Gasteiger partial charge in [0, 0.05) is 6.04 Å². The Hall–Kier alpha value is -2.31. The fraction of sp³-hybridized carbons (Fsp3) is 0.375. The van der Waals surface area contributed by atoms with Crippen LogP contribution >= 0.6 is 11.6 Å². The zero-order valence-electron chi connectivity index (χ0n) is 17.3. The molecule has 5 rings (SSSR count). The van der Waals surface area contributed by atoms with E-state index in [2.05, 4.69) is 17.2 Å². The molecule has 7 heteroatoms. The number of oxazole rings is 1. The summed E-state index contributed by atoms with van der Waals surface area (Å²) in [4.78, 5) is 4.60. The Labute approximate surface area is 187 Å². The molecule has 5 nitrogen and oxygen atoms in total. The van der Waals surface area contributed by atoms with E-state index < -0.39 is 9.84 Å². The van der Waals surface area contributed by atoms with Crippen LogP contribution in [-0.2, 0) is 9.84 Å². The van der Waals surface area contributed by atoms with Gasteiger partial charge < -0.3 is 9.73 Å². The highest BCUT2D eigenvalue weighted by Crippen LogP contribution is 2.50. The standard InChI is InChI=1S/C24H25ClN2O3S/c1-15(20-14-16-11-12-17(20)13-16)26-23-24(31(28,29)18-7-3-2-4-8-18)27-22(30-23)19-9-5-6-10-21(19)25/h2-10,15-17,20,26H,11-14H2,1H3/t15-,16+,17-,20+/m1/s1. The Morgan fingerprint density at radius 2 is 1.81 bits per heavy atom. The largest absolute Gasteiger partial charge is 0.419 e. The Kier molecular flexibility index (Phi) is 5.30. The van der Waals surface area contributed by atoms with Gasteiger partial charge in [-0.15, -0.1) is 0 Å². The van der Waals surface area contributed by atoms with E-state index in [9.17, 15) is 8.42 Å². The lowest BCUT2D eigenvalue weighted by atomic mass is 9.84. The van der Waals surface area contributed by atoms with Gasteiger partial charge in [-0.25, -0.2) is 8.42 Å². The summed E-state index contributed by atoms with van der Waals surface area (Å²) in [6.45, 7) is 2.11. The fourth-order valence-electron chi connectivity index (χ4n) is 5.26. The SMILES string of the molecule is C[C@@H](Nc1oc(-c2ccccc2Cl)nc1S(=O)(=O)c1ccccc1)[C@@H]1C[C@H]2CC[C@@H]1C2. The number of hydrogen-bond donors (Lipinski definition) is 1. The van der Waals surface area contributed by atoms with Crippen LogP contribution in [0.25, 0.3) is 11.5 Å². The second kappa shape index (κ2) is 7.99. The smallest absolute Gasteiger partial charge is 0.234 e. The maximum Gasteiger partial charge on any atom is 0.234 e. The highest BCUT2D eigenvalue weighted by atomic mass is 35.5. The third-order valence-electron chi connectivity index (χ3n) is 6.80. The lowest BCUT2D eigenvalue weighted by Crippen LogP contribution is -2.30. The molecule has 2 aliphatic rings. The molecule has 0 unspecified atom stereocenters. The molecule has 1 N–H and O–H groups in total. The molecule has 2 aromatic carbocycles. The number of anilines is 1. The second-order valence-electron chi connectivity index (χ2n) is 8.72. The van der Waals surface area contributed by atoms with Gasteiger partial charge in [0.25, 0.3) is 0 Å². The molecule has 2 bridgehead atoms. The van der Waals surface area contributed by atoms with E-state index in [0.717, 1.165) is 5.92 Å². The van der Waals surface area contributed by atoms with E-state index in [1.165, 1.54) is 25.7 Å². The summed E-state index contributed by atoms with van der Waals surface area (Å²) >= 11 is 6.33. The number of rotatable bonds is 6. The summed E-state index contributed by atoms with van der Waals surface area (Å²) in [6, 6.07) is 15.6. The molecule has 2 saturated carbocycles. The first-order valence-electron chi connectivity index (χ1n) is 10.8. The van der Waals surface area contributed by atoms with Gasteiger partial charge >= 0.3 is 0 Å². The van der Waals surface area contributed by atoms with Crippen molar-refractivity contribution in [1.29, 1.82) is 0 Å². The number of sulfone groups is 1. The van der Waals surface area contributed by atoms with Gasteiger partial charge in [0.15, 0.2) is 0 Å².